The molecule has 0 spiro atoms. The molecule has 1 aromatic heterocycles. The van der Waals surface area contributed by atoms with Crippen molar-refractivity contribution >= 4 is 17.4 Å². The molecule has 1 heterocycles. The molecule has 0 aliphatic rings. The molecule has 0 bridgehead atoms. The van der Waals surface area contributed by atoms with Crippen LogP contribution in [-0.4, -0.2) is 17.6 Å². The number of nitrogens with one attached hydrogen (secondary N) is 2. The Labute approximate surface area is 136 Å². The van der Waals surface area contributed by atoms with E-state index < -0.39 is 0 Å². The molecule has 5 heteroatoms. The van der Waals surface area contributed by atoms with Crippen LogP contribution in [0.5, 0.6) is 0 Å². The fraction of sp³-hybridized carbons (Fsp3) is 0.412. The van der Waals surface area contributed by atoms with Gasteiger partial charge in [-0.25, -0.2) is 9.78 Å². The Hall–Kier alpha value is -1.88. The third kappa shape index (κ3) is 4.84. The number of thiazole rings is 1. The zero-order valence-corrected chi connectivity index (χ0v) is 14.2. The molecule has 0 radical (unpaired) electrons. The van der Waals surface area contributed by atoms with Gasteiger partial charge in [-0.15, -0.1) is 11.3 Å². The first-order valence-electron chi connectivity index (χ1n) is 7.61. The fourth-order valence-electron chi connectivity index (χ4n) is 2.16. The van der Waals surface area contributed by atoms with Crippen LogP contribution in [0, 0.1) is 13.8 Å². The number of aryl methyl sites for hydroxylation is 3. The SMILES string of the molecule is CCc1nc(CCNC(=O)NCc2ccc(C)cc2)sc1C. The van der Waals surface area contributed by atoms with Gasteiger partial charge in [0.15, 0.2) is 0 Å². The molecule has 2 rings (SSSR count). The van der Waals surface area contributed by atoms with Gasteiger partial charge in [0.05, 0.1) is 10.7 Å². The number of nitrogens with zero attached hydrogens (tertiary/aromatic N) is 1. The van der Waals surface area contributed by atoms with E-state index in [1.807, 2.05) is 31.2 Å². The number of carbonyl (C=O) groups is 1. The van der Waals surface area contributed by atoms with E-state index in [1.165, 1.54) is 16.1 Å². The average Bonchev–Trinajstić information content (AvgIpc) is 2.87. The summed E-state index contributed by atoms with van der Waals surface area (Å²) in [6, 6.07) is 8.01. The predicted octanol–water partition coefficient (Wildman–Crippen LogP) is 3.36. The molecule has 22 heavy (non-hydrogen) atoms. The van der Waals surface area contributed by atoms with Crippen LogP contribution in [0.3, 0.4) is 0 Å². The lowest BCUT2D eigenvalue weighted by atomic mass is 10.1. The van der Waals surface area contributed by atoms with Gasteiger partial charge in [0.25, 0.3) is 0 Å². The zero-order chi connectivity index (χ0) is 15.9. The van der Waals surface area contributed by atoms with Crippen molar-refractivity contribution in [2.24, 2.45) is 0 Å². The number of carbonyl (C=O) groups excluding carboxylic acids is 1. The van der Waals surface area contributed by atoms with Crippen LogP contribution in [0.25, 0.3) is 0 Å². The molecule has 2 amide bonds. The quantitative estimate of drug-likeness (QED) is 0.858. The standard InChI is InChI=1S/C17H23N3OS/c1-4-15-13(3)22-16(20-15)9-10-18-17(21)19-11-14-7-5-12(2)6-8-14/h5-8H,4,9-11H2,1-3H3,(H2,18,19,21). The first-order valence-corrected chi connectivity index (χ1v) is 8.42. The summed E-state index contributed by atoms with van der Waals surface area (Å²) in [6.45, 7) is 7.41. The molecular formula is C17H23N3OS. The second-order valence-electron chi connectivity index (χ2n) is 5.31. The van der Waals surface area contributed by atoms with Crippen molar-refractivity contribution in [1.29, 1.82) is 0 Å². The summed E-state index contributed by atoms with van der Waals surface area (Å²) in [7, 11) is 0. The minimum atomic E-state index is -0.135. The van der Waals surface area contributed by atoms with E-state index >= 15 is 0 Å². The Balaban J connectivity index is 1.70. The summed E-state index contributed by atoms with van der Waals surface area (Å²) in [4.78, 5) is 17.6. The van der Waals surface area contributed by atoms with E-state index in [2.05, 4.69) is 29.5 Å². The van der Waals surface area contributed by atoms with Gasteiger partial charge in [-0.1, -0.05) is 36.8 Å². The predicted molar refractivity (Wildman–Crippen MR) is 91.4 cm³/mol. The van der Waals surface area contributed by atoms with Gasteiger partial charge in [0.2, 0.25) is 0 Å². The van der Waals surface area contributed by atoms with E-state index in [4.69, 9.17) is 0 Å². The maximum atomic E-state index is 11.8. The molecule has 2 N–H and O–H groups in total. The van der Waals surface area contributed by atoms with Crippen molar-refractivity contribution in [2.75, 3.05) is 6.54 Å². The summed E-state index contributed by atoms with van der Waals surface area (Å²) in [5, 5.41) is 6.83. The Morgan fingerprint density at radius 2 is 1.91 bits per heavy atom. The van der Waals surface area contributed by atoms with Crippen LogP contribution >= 0.6 is 11.3 Å². The molecule has 0 saturated heterocycles. The number of hydrogen-bond donors (Lipinski definition) is 2. The minimum Gasteiger partial charge on any atom is -0.338 e. The Morgan fingerprint density at radius 1 is 1.18 bits per heavy atom. The molecule has 1 aromatic carbocycles. The Morgan fingerprint density at radius 3 is 2.55 bits per heavy atom. The summed E-state index contributed by atoms with van der Waals surface area (Å²) < 4.78 is 0. The third-order valence-electron chi connectivity index (χ3n) is 3.47. The maximum Gasteiger partial charge on any atom is 0.315 e. The highest BCUT2D eigenvalue weighted by Gasteiger charge is 2.06. The molecule has 0 unspecified atom stereocenters. The highest BCUT2D eigenvalue weighted by Crippen LogP contribution is 2.17. The molecule has 2 aromatic rings. The Bertz CT molecular complexity index is 619. The van der Waals surface area contributed by atoms with Crippen molar-refractivity contribution in [2.45, 2.75) is 40.2 Å². The van der Waals surface area contributed by atoms with Gasteiger partial charge in [0.1, 0.15) is 0 Å². The summed E-state index contributed by atoms with van der Waals surface area (Å²) >= 11 is 1.72. The van der Waals surface area contributed by atoms with Crippen LogP contribution in [0.1, 0.15) is 33.6 Å². The van der Waals surface area contributed by atoms with Crippen molar-refractivity contribution < 1.29 is 4.79 Å². The fourth-order valence-corrected chi connectivity index (χ4v) is 3.18. The average molecular weight is 317 g/mol. The van der Waals surface area contributed by atoms with E-state index in [-0.39, 0.29) is 6.03 Å². The summed E-state index contributed by atoms with van der Waals surface area (Å²) in [5.74, 6) is 0. The second-order valence-corrected chi connectivity index (χ2v) is 6.60. The lowest BCUT2D eigenvalue weighted by molar-refractivity contribution is 0.240. The third-order valence-corrected chi connectivity index (χ3v) is 4.54. The normalized spacial score (nSPS) is 10.5. The van der Waals surface area contributed by atoms with E-state index in [1.54, 1.807) is 11.3 Å². The number of benzene rings is 1. The molecule has 0 saturated carbocycles. The van der Waals surface area contributed by atoms with Crippen molar-refractivity contribution in [3.63, 3.8) is 0 Å². The molecule has 0 fully saturated rings. The van der Waals surface area contributed by atoms with Gasteiger partial charge in [-0.2, -0.15) is 0 Å². The van der Waals surface area contributed by atoms with Crippen molar-refractivity contribution in [3.05, 3.63) is 51.0 Å². The molecule has 118 valence electrons. The van der Waals surface area contributed by atoms with Gasteiger partial charge in [0, 0.05) is 24.4 Å². The number of hydrogen-bond acceptors (Lipinski definition) is 3. The highest BCUT2D eigenvalue weighted by atomic mass is 32.1. The van der Waals surface area contributed by atoms with Gasteiger partial charge in [-0.3, -0.25) is 0 Å². The van der Waals surface area contributed by atoms with Gasteiger partial charge in [-0.05, 0) is 25.8 Å². The second kappa shape index (κ2) is 7.94. The lowest BCUT2D eigenvalue weighted by Gasteiger charge is -2.07. The van der Waals surface area contributed by atoms with Crippen molar-refractivity contribution in [1.82, 2.24) is 15.6 Å². The smallest absolute Gasteiger partial charge is 0.315 e. The molecule has 4 nitrogen and oxygen atoms in total. The Kier molecular flexibility index (Phi) is 5.95. The lowest BCUT2D eigenvalue weighted by Crippen LogP contribution is -2.36. The minimum absolute atomic E-state index is 0.135. The summed E-state index contributed by atoms with van der Waals surface area (Å²) in [5.41, 5.74) is 3.49. The number of aromatic nitrogens is 1. The first-order chi connectivity index (χ1) is 10.6. The van der Waals surface area contributed by atoms with Gasteiger partial charge < -0.3 is 10.6 Å². The van der Waals surface area contributed by atoms with E-state index in [9.17, 15) is 4.79 Å². The zero-order valence-electron chi connectivity index (χ0n) is 13.4. The van der Waals surface area contributed by atoms with Gasteiger partial charge >= 0.3 is 6.03 Å². The van der Waals surface area contributed by atoms with E-state index in [0.29, 0.717) is 13.1 Å². The largest absolute Gasteiger partial charge is 0.338 e. The maximum absolute atomic E-state index is 11.8. The number of rotatable bonds is 6. The molecule has 0 atom stereocenters. The number of amides is 2. The van der Waals surface area contributed by atoms with Crippen LogP contribution in [0.4, 0.5) is 4.79 Å². The number of urea groups is 1. The monoisotopic (exact) mass is 317 g/mol. The van der Waals surface area contributed by atoms with Crippen molar-refractivity contribution in [3.8, 4) is 0 Å². The van der Waals surface area contributed by atoms with Crippen LogP contribution in [-0.2, 0) is 19.4 Å². The molecule has 0 aliphatic heterocycles. The van der Waals surface area contributed by atoms with Crippen LogP contribution in [0.15, 0.2) is 24.3 Å². The first kappa shape index (κ1) is 16.5. The van der Waals surface area contributed by atoms with Crippen LogP contribution in [0.2, 0.25) is 0 Å². The van der Waals surface area contributed by atoms with Crippen LogP contribution < -0.4 is 10.6 Å². The topological polar surface area (TPSA) is 54.0 Å². The van der Waals surface area contributed by atoms with E-state index in [0.717, 1.165) is 23.4 Å². The summed E-state index contributed by atoms with van der Waals surface area (Å²) in [6.07, 6.45) is 1.75. The molecule has 0 aliphatic carbocycles. The molecular weight excluding hydrogens is 294 g/mol. The highest BCUT2D eigenvalue weighted by molar-refractivity contribution is 7.11.